The van der Waals surface area contributed by atoms with E-state index in [1.807, 2.05) is 24.3 Å². The van der Waals surface area contributed by atoms with Crippen molar-refractivity contribution in [3.05, 3.63) is 42.4 Å². The maximum Gasteiger partial charge on any atom is 0.168 e. The number of hydrogen-bond acceptors (Lipinski definition) is 7. The summed E-state index contributed by atoms with van der Waals surface area (Å²) in [6.07, 6.45) is 8.09. The Balaban J connectivity index is 1.30. The van der Waals surface area contributed by atoms with Crippen molar-refractivity contribution in [1.29, 1.82) is 0 Å². The van der Waals surface area contributed by atoms with Crippen LogP contribution in [0.1, 0.15) is 43.3 Å². The third-order valence-electron chi connectivity index (χ3n) is 6.87. The minimum Gasteiger partial charge on any atom is -0.453 e. The third kappa shape index (κ3) is 4.31. The molecule has 8 nitrogen and oxygen atoms in total. The van der Waals surface area contributed by atoms with E-state index in [0.717, 1.165) is 59.8 Å². The Labute approximate surface area is 193 Å². The van der Waals surface area contributed by atoms with Gasteiger partial charge in [0.05, 0.1) is 29.3 Å². The molecular formula is C24H28N4O4S. The number of sulfone groups is 1. The van der Waals surface area contributed by atoms with Crippen molar-refractivity contribution in [1.82, 2.24) is 14.8 Å². The highest BCUT2D eigenvalue weighted by molar-refractivity contribution is 7.91. The molecule has 6 rings (SSSR count). The average Bonchev–Trinajstić information content (AvgIpc) is 3.60. The van der Waals surface area contributed by atoms with Gasteiger partial charge in [0.25, 0.3) is 0 Å². The van der Waals surface area contributed by atoms with Crippen LogP contribution < -0.4 is 9.64 Å². The van der Waals surface area contributed by atoms with Crippen LogP contribution in [-0.2, 0) is 14.6 Å². The Kier molecular flexibility index (Phi) is 5.25. The van der Waals surface area contributed by atoms with Crippen molar-refractivity contribution in [2.75, 3.05) is 42.7 Å². The fraction of sp³-hybridized carbons (Fsp3) is 0.500. The lowest BCUT2D eigenvalue weighted by Crippen LogP contribution is -2.40. The maximum absolute atomic E-state index is 11.8. The fourth-order valence-corrected chi connectivity index (χ4v) is 5.93. The molecule has 9 heteroatoms. The molecule has 3 aliphatic rings. The van der Waals surface area contributed by atoms with E-state index >= 15 is 0 Å². The van der Waals surface area contributed by atoms with Gasteiger partial charge in [-0.2, -0.15) is 5.10 Å². The van der Waals surface area contributed by atoms with Gasteiger partial charge >= 0.3 is 0 Å². The SMILES string of the molecule is O=S1(=O)CCN(c2ccc3c(Oc4cn(C5CC5)nc4C4CCOCC4)ccnc3c2)CC1. The maximum atomic E-state index is 11.8. The second-order valence-electron chi connectivity index (χ2n) is 9.23. The monoisotopic (exact) mass is 468 g/mol. The summed E-state index contributed by atoms with van der Waals surface area (Å²) in [6, 6.07) is 8.47. The molecule has 0 amide bonds. The molecule has 0 spiro atoms. The van der Waals surface area contributed by atoms with E-state index in [0.29, 0.717) is 25.0 Å². The Hall–Kier alpha value is -2.65. The van der Waals surface area contributed by atoms with Crippen molar-refractivity contribution in [2.24, 2.45) is 0 Å². The average molecular weight is 469 g/mol. The van der Waals surface area contributed by atoms with Crippen molar-refractivity contribution in [3.63, 3.8) is 0 Å². The summed E-state index contributed by atoms with van der Waals surface area (Å²) >= 11 is 0. The topological polar surface area (TPSA) is 86.6 Å². The van der Waals surface area contributed by atoms with Gasteiger partial charge in [-0.1, -0.05) is 0 Å². The van der Waals surface area contributed by atoms with E-state index in [1.54, 1.807) is 6.20 Å². The molecule has 174 valence electrons. The molecule has 0 bridgehead atoms. The lowest BCUT2D eigenvalue weighted by atomic mass is 9.96. The van der Waals surface area contributed by atoms with Gasteiger partial charge in [-0.25, -0.2) is 8.42 Å². The van der Waals surface area contributed by atoms with Gasteiger partial charge < -0.3 is 14.4 Å². The van der Waals surface area contributed by atoms with E-state index < -0.39 is 9.84 Å². The Morgan fingerprint density at radius 2 is 1.79 bits per heavy atom. The molecule has 2 aromatic heterocycles. The van der Waals surface area contributed by atoms with Crippen LogP contribution in [0.15, 0.2) is 36.7 Å². The molecule has 1 aliphatic carbocycles. The number of nitrogens with zero attached hydrogens (tertiary/aromatic N) is 4. The van der Waals surface area contributed by atoms with E-state index in [9.17, 15) is 8.42 Å². The van der Waals surface area contributed by atoms with Crippen molar-refractivity contribution in [3.8, 4) is 11.5 Å². The van der Waals surface area contributed by atoms with Crippen LogP contribution in [0.3, 0.4) is 0 Å². The summed E-state index contributed by atoms with van der Waals surface area (Å²) in [5, 5.41) is 5.86. The quantitative estimate of drug-likeness (QED) is 0.564. The highest BCUT2D eigenvalue weighted by atomic mass is 32.2. The van der Waals surface area contributed by atoms with Crippen LogP contribution in [0.25, 0.3) is 10.9 Å². The summed E-state index contributed by atoms with van der Waals surface area (Å²) in [5.41, 5.74) is 2.86. The van der Waals surface area contributed by atoms with Crippen LogP contribution in [0.5, 0.6) is 11.5 Å². The molecule has 2 saturated heterocycles. The van der Waals surface area contributed by atoms with Gasteiger partial charge in [0.15, 0.2) is 15.6 Å². The van der Waals surface area contributed by atoms with Crippen LogP contribution in [0.2, 0.25) is 0 Å². The summed E-state index contributed by atoms with van der Waals surface area (Å²) < 4.78 is 37.7. The highest BCUT2D eigenvalue weighted by Gasteiger charge is 2.30. The largest absolute Gasteiger partial charge is 0.453 e. The smallest absolute Gasteiger partial charge is 0.168 e. The van der Waals surface area contributed by atoms with Crippen LogP contribution >= 0.6 is 0 Å². The summed E-state index contributed by atoms with van der Waals surface area (Å²) in [4.78, 5) is 6.67. The highest BCUT2D eigenvalue weighted by Crippen LogP contribution is 2.41. The first kappa shape index (κ1) is 20.9. The standard InChI is InChI=1S/C24H28N4O4S/c29-33(30)13-9-27(10-14-33)19-3-4-20-21(15-19)25-8-5-22(20)32-23-16-28(18-1-2-18)26-24(23)17-6-11-31-12-7-17/h3-5,8,15-18H,1-2,6-7,9-14H2. The molecule has 33 heavy (non-hydrogen) atoms. The molecule has 0 N–H and O–H groups in total. The van der Waals surface area contributed by atoms with E-state index in [-0.39, 0.29) is 11.5 Å². The number of benzene rings is 1. The number of ether oxygens (including phenoxy) is 2. The van der Waals surface area contributed by atoms with Crippen LogP contribution in [0, 0.1) is 0 Å². The first-order chi connectivity index (χ1) is 16.1. The molecule has 3 aromatic rings. The number of hydrogen-bond donors (Lipinski definition) is 0. The van der Waals surface area contributed by atoms with Crippen LogP contribution in [-0.4, -0.2) is 61.0 Å². The van der Waals surface area contributed by atoms with Crippen LogP contribution in [0.4, 0.5) is 5.69 Å². The molecule has 1 aromatic carbocycles. The lowest BCUT2D eigenvalue weighted by molar-refractivity contribution is 0.0839. The zero-order chi connectivity index (χ0) is 22.4. The predicted octanol–water partition coefficient (Wildman–Crippen LogP) is 3.69. The van der Waals surface area contributed by atoms with E-state index in [4.69, 9.17) is 14.6 Å². The zero-order valence-corrected chi connectivity index (χ0v) is 19.3. The van der Waals surface area contributed by atoms with Gasteiger partial charge in [0.2, 0.25) is 0 Å². The van der Waals surface area contributed by atoms with E-state index in [2.05, 4.69) is 20.8 Å². The molecular weight excluding hydrogens is 440 g/mol. The minimum atomic E-state index is -2.91. The Morgan fingerprint density at radius 3 is 2.55 bits per heavy atom. The normalized spacial score (nSPS) is 21.4. The van der Waals surface area contributed by atoms with Crippen molar-refractivity contribution in [2.45, 2.75) is 37.6 Å². The predicted molar refractivity (Wildman–Crippen MR) is 126 cm³/mol. The molecule has 2 aliphatic heterocycles. The molecule has 4 heterocycles. The first-order valence-corrected chi connectivity index (χ1v) is 13.6. The van der Waals surface area contributed by atoms with Crippen molar-refractivity contribution < 1.29 is 17.9 Å². The Morgan fingerprint density at radius 1 is 1.00 bits per heavy atom. The number of fused-ring (bicyclic) bond motifs is 1. The first-order valence-electron chi connectivity index (χ1n) is 11.7. The number of anilines is 1. The second kappa shape index (κ2) is 8.29. The molecule has 0 atom stereocenters. The molecule has 0 unspecified atom stereocenters. The third-order valence-corrected chi connectivity index (χ3v) is 8.48. The molecule has 0 radical (unpaired) electrons. The van der Waals surface area contributed by atoms with Crippen molar-refractivity contribution >= 4 is 26.4 Å². The Bertz CT molecular complexity index is 1260. The van der Waals surface area contributed by atoms with Gasteiger partial charge in [0, 0.05) is 49.5 Å². The number of aromatic nitrogens is 3. The zero-order valence-electron chi connectivity index (χ0n) is 18.5. The van der Waals surface area contributed by atoms with Gasteiger partial charge in [-0.15, -0.1) is 0 Å². The molecule has 1 saturated carbocycles. The summed E-state index contributed by atoms with van der Waals surface area (Å²) in [7, 11) is -2.91. The van der Waals surface area contributed by atoms with E-state index in [1.165, 1.54) is 12.8 Å². The van der Waals surface area contributed by atoms with Gasteiger partial charge in [-0.3, -0.25) is 9.67 Å². The fourth-order valence-electron chi connectivity index (χ4n) is 4.73. The summed E-state index contributed by atoms with van der Waals surface area (Å²) in [6.45, 7) is 2.55. The minimum absolute atomic E-state index is 0.196. The number of pyridine rings is 1. The second-order valence-corrected chi connectivity index (χ2v) is 11.5. The number of rotatable bonds is 5. The summed E-state index contributed by atoms with van der Waals surface area (Å²) in [5.74, 6) is 2.33. The lowest BCUT2D eigenvalue weighted by Gasteiger charge is -2.28. The molecule has 3 fully saturated rings. The van der Waals surface area contributed by atoms with Gasteiger partial charge in [-0.05, 0) is 49.9 Å². The van der Waals surface area contributed by atoms with Gasteiger partial charge in [0.1, 0.15) is 11.4 Å².